The number of nitrogens with zero attached hydrogens (tertiary/aromatic N) is 5. The third-order valence-electron chi connectivity index (χ3n) is 4.27. The van der Waals surface area contributed by atoms with Crippen LogP contribution in [0.15, 0.2) is 36.4 Å². The van der Waals surface area contributed by atoms with Gasteiger partial charge in [0.25, 0.3) is 0 Å². The van der Waals surface area contributed by atoms with Gasteiger partial charge in [-0.2, -0.15) is 17.7 Å². The van der Waals surface area contributed by atoms with E-state index in [0.29, 0.717) is 17.0 Å². The first-order valence-electron chi connectivity index (χ1n) is 8.48. The number of benzene rings is 1. The van der Waals surface area contributed by atoms with Crippen LogP contribution in [-0.4, -0.2) is 24.6 Å². The summed E-state index contributed by atoms with van der Waals surface area (Å²) < 4.78 is 54.7. The highest BCUT2D eigenvalue weighted by atomic mass is 19.4. The van der Waals surface area contributed by atoms with Gasteiger partial charge >= 0.3 is 6.18 Å². The number of rotatable bonds is 2. The number of fused-ring (bicyclic) bond motifs is 1. The van der Waals surface area contributed by atoms with Crippen molar-refractivity contribution in [2.45, 2.75) is 20.0 Å². The maximum absolute atomic E-state index is 13.4. The highest BCUT2D eigenvalue weighted by Crippen LogP contribution is 2.37. The quantitative estimate of drug-likeness (QED) is 0.508. The third kappa shape index (κ3) is 3.37. The Kier molecular flexibility index (Phi) is 4.21. The monoisotopic (exact) mass is 402 g/mol. The molecular weight excluding hydrogens is 388 g/mol. The van der Waals surface area contributed by atoms with Gasteiger partial charge in [-0.05, 0) is 55.8 Å². The summed E-state index contributed by atoms with van der Waals surface area (Å²) in [4.78, 5) is 12.2. The van der Waals surface area contributed by atoms with E-state index in [1.54, 1.807) is 6.92 Å². The van der Waals surface area contributed by atoms with E-state index in [1.165, 1.54) is 41.8 Å². The summed E-state index contributed by atoms with van der Waals surface area (Å²) in [6.45, 7) is 3.10. The molecule has 0 aliphatic carbocycles. The lowest BCUT2D eigenvalue weighted by Gasteiger charge is -2.14. The number of hydrogen-bond acceptors (Lipinski definition) is 5. The van der Waals surface area contributed by atoms with Crippen molar-refractivity contribution < 1.29 is 17.6 Å². The Morgan fingerprint density at radius 2 is 1.62 bits per heavy atom. The Hall–Kier alpha value is -3.56. The van der Waals surface area contributed by atoms with Gasteiger partial charge in [-0.1, -0.05) is 0 Å². The number of alkyl halides is 3. The molecule has 0 aliphatic heterocycles. The van der Waals surface area contributed by atoms with Gasteiger partial charge in [-0.25, -0.2) is 19.3 Å². The summed E-state index contributed by atoms with van der Waals surface area (Å²) in [5.41, 5.74) is 6.61. The summed E-state index contributed by atoms with van der Waals surface area (Å²) in [5, 5.41) is 4.16. The number of nitrogen functional groups attached to an aromatic ring is 1. The van der Waals surface area contributed by atoms with Crippen LogP contribution in [0.5, 0.6) is 0 Å². The Morgan fingerprint density at radius 3 is 2.28 bits per heavy atom. The van der Waals surface area contributed by atoms with E-state index >= 15 is 0 Å². The van der Waals surface area contributed by atoms with Crippen molar-refractivity contribution in [3.05, 3.63) is 59.4 Å². The molecule has 0 saturated heterocycles. The molecule has 4 rings (SSSR count). The van der Waals surface area contributed by atoms with Gasteiger partial charge in [0.1, 0.15) is 17.3 Å². The fourth-order valence-electron chi connectivity index (χ4n) is 3.10. The maximum atomic E-state index is 13.4. The molecule has 0 amide bonds. The van der Waals surface area contributed by atoms with Crippen molar-refractivity contribution in [3.8, 4) is 22.4 Å². The lowest BCUT2D eigenvalue weighted by Crippen LogP contribution is -2.10. The molecule has 1 aromatic carbocycles. The summed E-state index contributed by atoms with van der Waals surface area (Å²) in [6, 6.07) is 7.83. The second-order valence-electron chi connectivity index (χ2n) is 6.48. The van der Waals surface area contributed by atoms with Crippen LogP contribution in [-0.2, 0) is 6.18 Å². The number of aromatic nitrogens is 5. The molecule has 0 bridgehead atoms. The molecule has 6 nitrogen and oxygen atoms in total. The topological polar surface area (TPSA) is 82.0 Å². The minimum absolute atomic E-state index is 0.00509. The average molecular weight is 402 g/mol. The molecule has 148 valence electrons. The predicted molar refractivity (Wildman–Crippen MR) is 98.3 cm³/mol. The number of hydrogen-bond donors (Lipinski definition) is 1. The molecule has 2 N–H and O–H groups in total. The highest BCUT2D eigenvalue weighted by Gasteiger charge is 2.33. The van der Waals surface area contributed by atoms with Gasteiger partial charge in [0.15, 0.2) is 5.65 Å². The first kappa shape index (κ1) is 18.8. The molecule has 3 heterocycles. The number of halogens is 4. The lowest BCUT2D eigenvalue weighted by atomic mass is 9.99. The molecule has 0 spiro atoms. The number of pyridine rings is 1. The first-order chi connectivity index (χ1) is 13.6. The number of nitrogens with two attached hydrogens (primary N) is 1. The van der Waals surface area contributed by atoms with E-state index in [1.807, 2.05) is 0 Å². The van der Waals surface area contributed by atoms with Crippen LogP contribution in [0, 0.1) is 19.7 Å². The average Bonchev–Trinajstić information content (AvgIpc) is 3.03. The van der Waals surface area contributed by atoms with Crippen molar-refractivity contribution in [1.82, 2.24) is 24.6 Å². The maximum Gasteiger partial charge on any atom is 0.433 e. The van der Waals surface area contributed by atoms with Gasteiger partial charge < -0.3 is 5.73 Å². The predicted octanol–water partition coefficient (Wildman–Crippen LogP) is 4.21. The normalized spacial score (nSPS) is 11.9. The molecule has 0 aliphatic rings. The Balaban J connectivity index is 2.10. The Labute approximate surface area is 162 Å². The zero-order chi connectivity index (χ0) is 20.9. The van der Waals surface area contributed by atoms with Crippen LogP contribution < -0.4 is 5.73 Å². The number of anilines is 1. The third-order valence-corrected chi connectivity index (χ3v) is 4.27. The molecule has 10 heteroatoms. The smallest absolute Gasteiger partial charge is 0.368 e. The second kappa shape index (κ2) is 6.50. The fourth-order valence-corrected chi connectivity index (χ4v) is 3.10. The summed E-state index contributed by atoms with van der Waals surface area (Å²) in [7, 11) is 0. The summed E-state index contributed by atoms with van der Waals surface area (Å²) >= 11 is 0. The van der Waals surface area contributed by atoms with Crippen molar-refractivity contribution in [2.75, 3.05) is 5.73 Å². The van der Waals surface area contributed by atoms with Crippen LogP contribution in [0.1, 0.15) is 17.2 Å². The van der Waals surface area contributed by atoms with Crippen molar-refractivity contribution in [2.24, 2.45) is 0 Å². The van der Waals surface area contributed by atoms with Gasteiger partial charge in [-0.15, -0.1) is 5.10 Å². The van der Waals surface area contributed by atoms with E-state index in [-0.39, 0.29) is 28.5 Å². The molecule has 0 saturated carbocycles. The SMILES string of the molecule is Cc1cc(-c2c(-c3ccc(F)cc3)nc(N)n3nc(C)nc23)cc(C(F)(F)F)n1. The van der Waals surface area contributed by atoms with Gasteiger partial charge in [0.2, 0.25) is 5.95 Å². The van der Waals surface area contributed by atoms with Crippen LogP contribution in [0.4, 0.5) is 23.5 Å². The number of aryl methyl sites for hydroxylation is 2. The molecule has 0 radical (unpaired) electrons. The Morgan fingerprint density at radius 1 is 0.931 bits per heavy atom. The molecular formula is C19H14F4N6. The van der Waals surface area contributed by atoms with E-state index in [2.05, 4.69) is 20.1 Å². The molecule has 29 heavy (non-hydrogen) atoms. The second-order valence-corrected chi connectivity index (χ2v) is 6.48. The minimum atomic E-state index is -4.63. The van der Waals surface area contributed by atoms with Gasteiger partial charge in [0.05, 0.1) is 11.3 Å². The Bertz CT molecular complexity index is 1230. The van der Waals surface area contributed by atoms with Crippen LogP contribution in [0.3, 0.4) is 0 Å². The van der Waals surface area contributed by atoms with Crippen LogP contribution in [0.25, 0.3) is 28.0 Å². The molecule has 4 aromatic rings. The summed E-state index contributed by atoms with van der Waals surface area (Å²) in [5.74, 6) is -0.0786. The largest absolute Gasteiger partial charge is 0.433 e. The van der Waals surface area contributed by atoms with E-state index in [0.717, 1.165) is 6.07 Å². The van der Waals surface area contributed by atoms with Gasteiger partial charge in [-0.3, -0.25) is 0 Å². The zero-order valence-electron chi connectivity index (χ0n) is 15.3. The lowest BCUT2D eigenvalue weighted by molar-refractivity contribution is -0.141. The summed E-state index contributed by atoms with van der Waals surface area (Å²) in [6.07, 6.45) is -4.63. The van der Waals surface area contributed by atoms with Crippen LogP contribution >= 0.6 is 0 Å². The van der Waals surface area contributed by atoms with E-state index in [4.69, 9.17) is 5.73 Å². The molecule has 0 fully saturated rings. The molecule has 0 atom stereocenters. The van der Waals surface area contributed by atoms with Gasteiger partial charge in [0, 0.05) is 11.3 Å². The molecule has 0 unspecified atom stereocenters. The van der Waals surface area contributed by atoms with E-state index in [9.17, 15) is 17.6 Å². The minimum Gasteiger partial charge on any atom is -0.368 e. The molecule has 3 aromatic heterocycles. The van der Waals surface area contributed by atoms with Crippen molar-refractivity contribution >= 4 is 11.6 Å². The van der Waals surface area contributed by atoms with Crippen molar-refractivity contribution in [3.63, 3.8) is 0 Å². The highest BCUT2D eigenvalue weighted by molar-refractivity contribution is 5.90. The van der Waals surface area contributed by atoms with Crippen molar-refractivity contribution in [1.29, 1.82) is 0 Å². The standard InChI is InChI=1S/C19H14F4N6/c1-9-7-12(8-14(25-9)19(21,22)23)15-16(11-3-5-13(20)6-4-11)27-18(24)29-17(15)26-10(2)28-29/h3-8H,1-2H3,(H2,24,27). The van der Waals surface area contributed by atoms with E-state index < -0.39 is 17.7 Å². The fraction of sp³-hybridized carbons (Fsp3) is 0.158. The zero-order valence-corrected chi connectivity index (χ0v) is 15.3. The van der Waals surface area contributed by atoms with Crippen LogP contribution in [0.2, 0.25) is 0 Å². The first-order valence-corrected chi connectivity index (χ1v) is 8.48.